The van der Waals surface area contributed by atoms with Crippen LogP contribution in [0.15, 0.2) is 4.42 Å². The van der Waals surface area contributed by atoms with Crippen molar-refractivity contribution in [1.82, 2.24) is 15.5 Å². The van der Waals surface area contributed by atoms with Gasteiger partial charge >= 0.3 is 6.01 Å². The highest BCUT2D eigenvalue weighted by Gasteiger charge is 2.18. The third-order valence-corrected chi connectivity index (χ3v) is 2.39. The van der Waals surface area contributed by atoms with Gasteiger partial charge < -0.3 is 20.4 Å². The van der Waals surface area contributed by atoms with E-state index in [0.29, 0.717) is 18.5 Å². The van der Waals surface area contributed by atoms with Gasteiger partial charge in [0.2, 0.25) is 11.8 Å². The molecule has 0 aliphatic carbocycles. The van der Waals surface area contributed by atoms with Crippen molar-refractivity contribution >= 4 is 11.9 Å². The number of amides is 1. The highest BCUT2D eigenvalue weighted by Crippen LogP contribution is 2.15. The Morgan fingerprint density at radius 1 is 1.53 bits per heavy atom. The third-order valence-electron chi connectivity index (χ3n) is 2.39. The van der Waals surface area contributed by atoms with Crippen molar-refractivity contribution in [2.45, 2.75) is 19.9 Å². The lowest BCUT2D eigenvalue weighted by Crippen LogP contribution is -2.34. The second-order valence-corrected chi connectivity index (χ2v) is 4.11. The van der Waals surface area contributed by atoms with Gasteiger partial charge in [0, 0.05) is 20.6 Å². The molecule has 17 heavy (non-hydrogen) atoms. The lowest BCUT2D eigenvalue weighted by molar-refractivity contribution is -0.123. The SMILES string of the molecule is CNC(=O)C(C)CN(C)c1nnc(C(C)N)o1. The number of carbonyl (C=O) groups is 1. The average molecular weight is 241 g/mol. The molecule has 0 aliphatic rings. The van der Waals surface area contributed by atoms with Crippen LogP contribution in [-0.2, 0) is 4.79 Å². The van der Waals surface area contributed by atoms with E-state index in [1.54, 1.807) is 25.9 Å². The molecule has 1 heterocycles. The molecule has 2 atom stereocenters. The summed E-state index contributed by atoms with van der Waals surface area (Å²) >= 11 is 0. The minimum atomic E-state index is -0.291. The molecule has 96 valence electrons. The molecule has 0 fully saturated rings. The summed E-state index contributed by atoms with van der Waals surface area (Å²) in [6.45, 7) is 4.10. The van der Waals surface area contributed by atoms with E-state index in [1.807, 2.05) is 6.92 Å². The summed E-state index contributed by atoms with van der Waals surface area (Å²) in [6, 6.07) is 0.0778. The molecule has 0 saturated heterocycles. The molecule has 7 heteroatoms. The van der Waals surface area contributed by atoms with Gasteiger partial charge in [0.05, 0.1) is 12.0 Å². The van der Waals surface area contributed by atoms with Crippen LogP contribution in [0.5, 0.6) is 0 Å². The fourth-order valence-corrected chi connectivity index (χ4v) is 1.38. The molecule has 1 aromatic rings. The molecular formula is C10H19N5O2. The monoisotopic (exact) mass is 241 g/mol. The maximum atomic E-state index is 11.4. The third kappa shape index (κ3) is 3.42. The van der Waals surface area contributed by atoms with Crippen molar-refractivity contribution in [3.8, 4) is 0 Å². The first-order valence-corrected chi connectivity index (χ1v) is 5.47. The van der Waals surface area contributed by atoms with Gasteiger partial charge in [0.15, 0.2) is 0 Å². The van der Waals surface area contributed by atoms with E-state index in [4.69, 9.17) is 10.2 Å². The normalized spacial score (nSPS) is 14.2. The van der Waals surface area contributed by atoms with Gasteiger partial charge in [-0.25, -0.2) is 0 Å². The van der Waals surface area contributed by atoms with Crippen LogP contribution in [-0.4, -0.2) is 36.7 Å². The highest BCUT2D eigenvalue weighted by molar-refractivity contribution is 5.78. The quantitative estimate of drug-likeness (QED) is 0.747. The van der Waals surface area contributed by atoms with Gasteiger partial charge in [0.1, 0.15) is 0 Å². The molecule has 3 N–H and O–H groups in total. The Morgan fingerprint density at radius 3 is 2.65 bits per heavy atom. The summed E-state index contributed by atoms with van der Waals surface area (Å²) in [7, 11) is 3.40. The van der Waals surface area contributed by atoms with Gasteiger partial charge in [-0.2, -0.15) is 0 Å². The summed E-state index contributed by atoms with van der Waals surface area (Å²) in [4.78, 5) is 13.1. The van der Waals surface area contributed by atoms with Crippen molar-refractivity contribution in [1.29, 1.82) is 0 Å². The van der Waals surface area contributed by atoms with E-state index in [-0.39, 0.29) is 17.9 Å². The Kier molecular flexibility index (Phi) is 4.45. The number of hydrogen-bond donors (Lipinski definition) is 2. The van der Waals surface area contributed by atoms with Crippen LogP contribution in [0.4, 0.5) is 6.01 Å². The summed E-state index contributed by atoms with van der Waals surface area (Å²) in [5.74, 6) is 0.207. The van der Waals surface area contributed by atoms with Crippen LogP contribution in [0.1, 0.15) is 25.8 Å². The number of nitrogens with one attached hydrogen (secondary N) is 1. The Labute approximate surface area is 100 Å². The van der Waals surface area contributed by atoms with E-state index in [2.05, 4.69) is 15.5 Å². The number of nitrogens with zero attached hydrogens (tertiary/aromatic N) is 3. The number of hydrogen-bond acceptors (Lipinski definition) is 6. The molecule has 1 aromatic heterocycles. The second-order valence-electron chi connectivity index (χ2n) is 4.11. The fourth-order valence-electron chi connectivity index (χ4n) is 1.38. The molecular weight excluding hydrogens is 222 g/mol. The predicted molar refractivity (Wildman–Crippen MR) is 63.4 cm³/mol. The largest absolute Gasteiger partial charge is 0.406 e. The van der Waals surface area contributed by atoms with E-state index in [9.17, 15) is 4.79 Å². The maximum absolute atomic E-state index is 11.4. The predicted octanol–water partition coefficient (Wildman–Crippen LogP) is -0.0924. The van der Waals surface area contributed by atoms with E-state index >= 15 is 0 Å². The lowest BCUT2D eigenvalue weighted by Gasteiger charge is -2.18. The van der Waals surface area contributed by atoms with Crippen LogP contribution in [0, 0.1) is 5.92 Å². The summed E-state index contributed by atoms with van der Waals surface area (Å²) < 4.78 is 5.37. The van der Waals surface area contributed by atoms with Crippen LogP contribution in [0.2, 0.25) is 0 Å². The van der Waals surface area contributed by atoms with Gasteiger partial charge in [-0.15, -0.1) is 5.10 Å². The topological polar surface area (TPSA) is 97.3 Å². The average Bonchev–Trinajstić information content (AvgIpc) is 2.77. The molecule has 0 saturated carbocycles. The zero-order chi connectivity index (χ0) is 13.0. The summed E-state index contributed by atoms with van der Waals surface area (Å²) in [5, 5.41) is 10.3. The zero-order valence-corrected chi connectivity index (χ0v) is 10.6. The van der Waals surface area contributed by atoms with Crippen LogP contribution in [0.3, 0.4) is 0 Å². The first-order valence-electron chi connectivity index (χ1n) is 5.47. The summed E-state index contributed by atoms with van der Waals surface area (Å²) in [5.41, 5.74) is 5.62. The maximum Gasteiger partial charge on any atom is 0.317 e. The van der Waals surface area contributed by atoms with Crippen molar-refractivity contribution < 1.29 is 9.21 Å². The van der Waals surface area contributed by atoms with Crippen LogP contribution < -0.4 is 16.0 Å². The molecule has 2 unspecified atom stereocenters. The Morgan fingerprint density at radius 2 is 2.18 bits per heavy atom. The Bertz CT molecular complexity index is 377. The summed E-state index contributed by atoms with van der Waals surface area (Å²) in [6.07, 6.45) is 0. The molecule has 0 spiro atoms. The first-order chi connectivity index (χ1) is 7.95. The van der Waals surface area contributed by atoms with Crippen molar-refractivity contribution in [3.05, 3.63) is 5.89 Å². The first kappa shape index (κ1) is 13.4. The van der Waals surface area contributed by atoms with Gasteiger partial charge in [0.25, 0.3) is 0 Å². The standard InChI is InChI=1S/C10H19N5O2/c1-6(8(16)12-3)5-15(4)10-14-13-9(17-10)7(2)11/h6-7H,5,11H2,1-4H3,(H,12,16). The number of anilines is 1. The molecule has 1 rings (SSSR count). The van der Waals surface area contributed by atoms with E-state index < -0.39 is 0 Å². The minimum Gasteiger partial charge on any atom is -0.406 e. The number of rotatable bonds is 5. The molecule has 0 aromatic carbocycles. The zero-order valence-electron chi connectivity index (χ0n) is 10.6. The molecule has 0 bridgehead atoms. The Hall–Kier alpha value is -1.63. The Balaban J connectivity index is 2.63. The van der Waals surface area contributed by atoms with Crippen LogP contribution in [0.25, 0.3) is 0 Å². The molecule has 7 nitrogen and oxygen atoms in total. The van der Waals surface area contributed by atoms with Crippen molar-refractivity contribution in [2.75, 3.05) is 25.5 Å². The van der Waals surface area contributed by atoms with E-state index in [1.165, 1.54) is 0 Å². The van der Waals surface area contributed by atoms with Crippen molar-refractivity contribution in [3.63, 3.8) is 0 Å². The fraction of sp³-hybridized carbons (Fsp3) is 0.700. The highest BCUT2D eigenvalue weighted by atomic mass is 16.4. The van der Waals surface area contributed by atoms with Crippen LogP contribution >= 0.6 is 0 Å². The number of carbonyl (C=O) groups excluding carboxylic acids is 1. The molecule has 0 radical (unpaired) electrons. The van der Waals surface area contributed by atoms with Gasteiger partial charge in [-0.05, 0) is 6.92 Å². The number of aromatic nitrogens is 2. The smallest absolute Gasteiger partial charge is 0.317 e. The minimum absolute atomic E-state index is 0.0243. The van der Waals surface area contributed by atoms with Gasteiger partial charge in [-0.3, -0.25) is 4.79 Å². The molecule has 1 amide bonds. The van der Waals surface area contributed by atoms with Crippen molar-refractivity contribution in [2.24, 2.45) is 11.7 Å². The second kappa shape index (κ2) is 5.62. The van der Waals surface area contributed by atoms with Gasteiger partial charge in [-0.1, -0.05) is 12.0 Å². The van der Waals surface area contributed by atoms with E-state index in [0.717, 1.165) is 0 Å². The number of nitrogens with two attached hydrogens (primary N) is 1. The molecule has 0 aliphatic heterocycles. The lowest BCUT2D eigenvalue weighted by atomic mass is 10.1.